The number of sulfonamides is 1. The molecule has 27 heavy (non-hydrogen) atoms. The quantitative estimate of drug-likeness (QED) is 0.683. The standard InChI is InChI=1S/C19H24N2O5S/c1-25-16-10-14(11-17(12-16)26-2)8-9-19(22)20-13-15-6-4-5-7-18(15)21-27(3,23)24/h4-7,10-12,21H,8-9,13H2,1-3H3,(H,20,22). The SMILES string of the molecule is COc1cc(CCC(=O)NCc2ccccc2NS(C)(=O)=O)cc(OC)c1. The molecule has 0 aromatic heterocycles. The maximum Gasteiger partial charge on any atom is 0.229 e. The molecule has 0 aliphatic rings. The summed E-state index contributed by atoms with van der Waals surface area (Å²) in [5, 5.41) is 2.82. The third-order valence-corrected chi connectivity index (χ3v) is 4.43. The van der Waals surface area contributed by atoms with Gasteiger partial charge in [-0.25, -0.2) is 8.42 Å². The van der Waals surface area contributed by atoms with E-state index >= 15 is 0 Å². The van der Waals surface area contributed by atoms with Crippen molar-refractivity contribution in [1.29, 1.82) is 0 Å². The summed E-state index contributed by atoms with van der Waals surface area (Å²) < 4.78 is 35.8. The van der Waals surface area contributed by atoms with Gasteiger partial charge in [0.2, 0.25) is 15.9 Å². The molecule has 2 aromatic rings. The van der Waals surface area contributed by atoms with Crippen molar-refractivity contribution < 1.29 is 22.7 Å². The van der Waals surface area contributed by atoms with Crippen molar-refractivity contribution in [2.24, 2.45) is 0 Å². The normalized spacial score (nSPS) is 10.9. The van der Waals surface area contributed by atoms with Gasteiger partial charge in [-0.2, -0.15) is 0 Å². The maximum absolute atomic E-state index is 12.2. The molecule has 0 radical (unpaired) electrons. The average Bonchev–Trinajstić information content (AvgIpc) is 2.64. The first-order valence-electron chi connectivity index (χ1n) is 8.35. The largest absolute Gasteiger partial charge is 0.497 e. The molecule has 0 saturated carbocycles. The molecule has 8 heteroatoms. The van der Waals surface area contributed by atoms with Gasteiger partial charge in [-0.05, 0) is 35.7 Å². The third-order valence-electron chi connectivity index (χ3n) is 3.84. The van der Waals surface area contributed by atoms with Gasteiger partial charge in [0.25, 0.3) is 0 Å². The van der Waals surface area contributed by atoms with Crippen molar-refractivity contribution in [3.05, 3.63) is 53.6 Å². The topological polar surface area (TPSA) is 93.7 Å². The highest BCUT2D eigenvalue weighted by atomic mass is 32.2. The number of para-hydroxylation sites is 1. The van der Waals surface area contributed by atoms with Gasteiger partial charge in [0.1, 0.15) is 11.5 Å². The van der Waals surface area contributed by atoms with Crippen LogP contribution < -0.4 is 19.5 Å². The van der Waals surface area contributed by atoms with Crippen molar-refractivity contribution in [3.8, 4) is 11.5 Å². The average molecular weight is 392 g/mol. The number of methoxy groups -OCH3 is 2. The summed E-state index contributed by atoms with van der Waals surface area (Å²) in [7, 11) is -0.231. The van der Waals surface area contributed by atoms with Gasteiger partial charge in [-0.3, -0.25) is 9.52 Å². The first-order valence-corrected chi connectivity index (χ1v) is 10.2. The van der Waals surface area contributed by atoms with Gasteiger partial charge in [0.15, 0.2) is 0 Å². The number of carbonyl (C=O) groups excluding carboxylic acids is 1. The van der Waals surface area contributed by atoms with Crippen molar-refractivity contribution in [3.63, 3.8) is 0 Å². The van der Waals surface area contributed by atoms with Crippen LogP contribution in [0, 0.1) is 0 Å². The number of ether oxygens (including phenoxy) is 2. The van der Waals surface area contributed by atoms with Crippen LogP contribution in [-0.2, 0) is 27.8 Å². The van der Waals surface area contributed by atoms with Crippen molar-refractivity contribution in [2.45, 2.75) is 19.4 Å². The van der Waals surface area contributed by atoms with Gasteiger partial charge in [-0.1, -0.05) is 18.2 Å². The molecule has 2 aromatic carbocycles. The number of anilines is 1. The molecule has 0 atom stereocenters. The summed E-state index contributed by atoms with van der Waals surface area (Å²) in [6.45, 7) is 0.235. The molecule has 0 aliphatic heterocycles. The van der Waals surface area contributed by atoms with E-state index in [4.69, 9.17) is 9.47 Å². The molecule has 0 bridgehead atoms. The summed E-state index contributed by atoms with van der Waals surface area (Å²) in [5.74, 6) is 1.21. The lowest BCUT2D eigenvalue weighted by Gasteiger charge is -2.12. The van der Waals surface area contributed by atoms with Gasteiger partial charge in [0, 0.05) is 19.0 Å². The molecular weight excluding hydrogens is 368 g/mol. The van der Waals surface area contributed by atoms with E-state index in [0.717, 1.165) is 11.8 Å². The highest BCUT2D eigenvalue weighted by Crippen LogP contribution is 2.23. The number of aryl methyl sites for hydroxylation is 1. The fourth-order valence-corrected chi connectivity index (χ4v) is 3.12. The van der Waals surface area contributed by atoms with Gasteiger partial charge in [0.05, 0.1) is 26.2 Å². The minimum atomic E-state index is -3.38. The van der Waals surface area contributed by atoms with Crippen LogP contribution >= 0.6 is 0 Å². The number of hydrogen-bond acceptors (Lipinski definition) is 5. The summed E-state index contributed by atoms with van der Waals surface area (Å²) in [5.41, 5.74) is 2.08. The minimum Gasteiger partial charge on any atom is -0.497 e. The second-order valence-corrected chi connectivity index (χ2v) is 7.78. The second-order valence-electron chi connectivity index (χ2n) is 6.03. The summed E-state index contributed by atoms with van der Waals surface area (Å²) in [4.78, 5) is 12.2. The Labute approximate surface area is 159 Å². The van der Waals surface area contributed by atoms with E-state index in [-0.39, 0.29) is 18.9 Å². The minimum absolute atomic E-state index is 0.133. The number of benzene rings is 2. The Kier molecular flexibility index (Phi) is 7.06. The predicted molar refractivity (Wildman–Crippen MR) is 105 cm³/mol. The van der Waals surface area contributed by atoms with Crippen LogP contribution in [0.4, 0.5) is 5.69 Å². The molecule has 0 saturated heterocycles. The van der Waals surface area contributed by atoms with Crippen LogP contribution in [-0.4, -0.2) is 34.8 Å². The smallest absolute Gasteiger partial charge is 0.229 e. The Bertz CT molecular complexity index is 874. The number of nitrogens with one attached hydrogen (secondary N) is 2. The second kappa shape index (κ2) is 9.27. The Balaban J connectivity index is 1.94. The number of rotatable bonds is 9. The van der Waals surface area contributed by atoms with Crippen molar-refractivity contribution in [1.82, 2.24) is 5.32 Å². The Morgan fingerprint density at radius 1 is 1.04 bits per heavy atom. The fourth-order valence-electron chi connectivity index (χ4n) is 2.52. The molecule has 7 nitrogen and oxygen atoms in total. The van der Waals surface area contributed by atoms with E-state index < -0.39 is 10.0 Å². The Hall–Kier alpha value is -2.74. The van der Waals surface area contributed by atoms with Crippen molar-refractivity contribution in [2.75, 3.05) is 25.2 Å². The zero-order valence-corrected chi connectivity index (χ0v) is 16.4. The molecule has 0 heterocycles. The molecule has 2 rings (SSSR count). The Morgan fingerprint density at radius 3 is 2.26 bits per heavy atom. The number of hydrogen-bond donors (Lipinski definition) is 2. The lowest BCUT2D eigenvalue weighted by molar-refractivity contribution is -0.121. The molecule has 0 aliphatic carbocycles. The van der Waals surface area contributed by atoms with E-state index in [1.165, 1.54) is 0 Å². The lowest BCUT2D eigenvalue weighted by atomic mass is 10.1. The molecule has 0 fully saturated rings. The van der Waals surface area contributed by atoms with E-state index in [9.17, 15) is 13.2 Å². The summed E-state index contributed by atoms with van der Waals surface area (Å²) >= 11 is 0. The lowest BCUT2D eigenvalue weighted by Crippen LogP contribution is -2.24. The zero-order valence-electron chi connectivity index (χ0n) is 15.6. The third kappa shape index (κ3) is 6.82. The van der Waals surface area contributed by atoms with Crippen molar-refractivity contribution >= 4 is 21.6 Å². The Morgan fingerprint density at radius 2 is 1.67 bits per heavy atom. The molecule has 146 valence electrons. The van der Waals surface area contributed by atoms with Gasteiger partial charge >= 0.3 is 0 Å². The fraction of sp³-hybridized carbons (Fsp3) is 0.316. The van der Waals surface area contributed by atoms with Crippen LogP contribution in [0.25, 0.3) is 0 Å². The van der Waals surface area contributed by atoms with E-state index in [1.54, 1.807) is 44.6 Å². The van der Waals surface area contributed by atoms with Crippen LogP contribution in [0.1, 0.15) is 17.5 Å². The number of carbonyl (C=O) groups is 1. The summed E-state index contributed by atoms with van der Waals surface area (Å²) in [6, 6.07) is 12.4. The molecule has 0 unspecified atom stereocenters. The van der Waals surface area contributed by atoms with Crippen LogP contribution in [0.5, 0.6) is 11.5 Å². The zero-order chi connectivity index (χ0) is 19.9. The monoisotopic (exact) mass is 392 g/mol. The molecule has 0 spiro atoms. The first kappa shape index (κ1) is 20.6. The van der Waals surface area contributed by atoms with Gasteiger partial charge < -0.3 is 14.8 Å². The van der Waals surface area contributed by atoms with E-state index in [0.29, 0.717) is 29.2 Å². The van der Waals surface area contributed by atoms with Crippen LogP contribution in [0.3, 0.4) is 0 Å². The molecule has 1 amide bonds. The first-order chi connectivity index (χ1) is 12.8. The predicted octanol–water partition coefficient (Wildman–Crippen LogP) is 2.32. The van der Waals surface area contributed by atoms with Gasteiger partial charge in [-0.15, -0.1) is 0 Å². The molecule has 2 N–H and O–H groups in total. The van der Waals surface area contributed by atoms with E-state index in [2.05, 4.69) is 10.0 Å². The highest BCUT2D eigenvalue weighted by molar-refractivity contribution is 7.92. The molecular formula is C19H24N2O5S. The maximum atomic E-state index is 12.2. The number of amides is 1. The van der Waals surface area contributed by atoms with Crippen LogP contribution in [0.15, 0.2) is 42.5 Å². The summed E-state index contributed by atoms with van der Waals surface area (Å²) in [6.07, 6.45) is 1.91. The van der Waals surface area contributed by atoms with Crippen LogP contribution in [0.2, 0.25) is 0 Å². The highest BCUT2D eigenvalue weighted by Gasteiger charge is 2.09. The van der Waals surface area contributed by atoms with E-state index in [1.807, 2.05) is 12.1 Å².